The third kappa shape index (κ3) is 6.00. The summed E-state index contributed by atoms with van der Waals surface area (Å²) in [6, 6.07) is 7.25. The van der Waals surface area contributed by atoms with Crippen molar-refractivity contribution in [1.82, 2.24) is 10.7 Å². The molecule has 1 aliphatic rings. The van der Waals surface area contributed by atoms with Crippen molar-refractivity contribution in [3.05, 3.63) is 34.9 Å². The summed E-state index contributed by atoms with van der Waals surface area (Å²) in [6.07, 6.45) is 1.29. The third-order valence-electron chi connectivity index (χ3n) is 3.40. The number of halogens is 1. The van der Waals surface area contributed by atoms with Crippen LogP contribution in [0.15, 0.2) is 29.4 Å². The monoisotopic (exact) mass is 337 g/mol. The highest BCUT2D eigenvalue weighted by Crippen LogP contribution is 2.11. The van der Waals surface area contributed by atoms with E-state index in [0.717, 1.165) is 12.0 Å². The van der Waals surface area contributed by atoms with E-state index in [1.807, 2.05) is 12.1 Å². The normalized spacial score (nSPS) is 17.8. The number of carbonyl (C=O) groups excluding carboxylic acids is 2. The minimum absolute atomic E-state index is 0.124. The van der Waals surface area contributed by atoms with E-state index in [0.29, 0.717) is 30.3 Å². The van der Waals surface area contributed by atoms with Crippen LogP contribution in [-0.2, 0) is 20.9 Å². The van der Waals surface area contributed by atoms with Crippen LogP contribution in [0.5, 0.6) is 0 Å². The molecule has 1 aromatic carbocycles. The predicted molar refractivity (Wildman–Crippen MR) is 88.1 cm³/mol. The fraction of sp³-hybridized carbons (Fsp3) is 0.438. The molecule has 2 amide bonds. The molecule has 1 aliphatic heterocycles. The lowest BCUT2D eigenvalue weighted by Crippen LogP contribution is -2.32. The minimum atomic E-state index is -0.426. The SMILES string of the molecule is C/C(CC(=O)NCc1ccc(Cl)cc1)=N\NC(=O)C1CCCO1. The number of ether oxygens (including phenoxy) is 1. The Morgan fingerprint density at radius 2 is 2.09 bits per heavy atom. The standard InChI is InChI=1S/C16H20ClN3O3/c1-11(19-20-16(22)14-3-2-8-23-14)9-15(21)18-10-12-4-6-13(17)7-5-12/h4-7,14H,2-3,8-10H2,1H3,(H,18,21)(H,20,22)/b19-11+. The molecule has 0 aromatic heterocycles. The molecular formula is C16H20ClN3O3. The molecule has 1 heterocycles. The van der Waals surface area contributed by atoms with Crippen LogP contribution < -0.4 is 10.7 Å². The quantitative estimate of drug-likeness (QED) is 0.615. The van der Waals surface area contributed by atoms with Crippen LogP contribution in [0.3, 0.4) is 0 Å². The first-order chi connectivity index (χ1) is 11.0. The molecule has 1 aromatic rings. The van der Waals surface area contributed by atoms with Gasteiger partial charge in [0.15, 0.2) is 0 Å². The molecule has 6 nitrogen and oxygen atoms in total. The van der Waals surface area contributed by atoms with Gasteiger partial charge < -0.3 is 10.1 Å². The van der Waals surface area contributed by atoms with Gasteiger partial charge >= 0.3 is 0 Å². The van der Waals surface area contributed by atoms with Gasteiger partial charge in [-0.15, -0.1) is 0 Å². The Balaban J connectivity index is 1.71. The van der Waals surface area contributed by atoms with E-state index in [2.05, 4.69) is 15.8 Å². The summed E-state index contributed by atoms with van der Waals surface area (Å²) in [5.41, 5.74) is 3.93. The average Bonchev–Trinajstić information content (AvgIpc) is 3.06. The summed E-state index contributed by atoms with van der Waals surface area (Å²) in [5.74, 6) is -0.420. The first-order valence-electron chi connectivity index (χ1n) is 7.50. The molecule has 124 valence electrons. The van der Waals surface area contributed by atoms with Gasteiger partial charge in [-0.2, -0.15) is 5.10 Å². The highest BCUT2D eigenvalue weighted by Gasteiger charge is 2.23. The van der Waals surface area contributed by atoms with Gasteiger partial charge in [-0.05, 0) is 37.5 Å². The lowest BCUT2D eigenvalue weighted by Gasteiger charge is -2.08. The molecule has 1 fully saturated rings. The zero-order valence-electron chi connectivity index (χ0n) is 13.0. The smallest absolute Gasteiger partial charge is 0.269 e. The lowest BCUT2D eigenvalue weighted by molar-refractivity contribution is -0.130. The van der Waals surface area contributed by atoms with Crippen molar-refractivity contribution in [3.8, 4) is 0 Å². The number of nitrogens with zero attached hydrogens (tertiary/aromatic N) is 1. The molecule has 0 radical (unpaired) electrons. The van der Waals surface area contributed by atoms with Crippen molar-refractivity contribution in [2.45, 2.75) is 38.8 Å². The van der Waals surface area contributed by atoms with Gasteiger partial charge in [0, 0.05) is 23.9 Å². The second kappa shape index (κ2) is 8.64. The van der Waals surface area contributed by atoms with Gasteiger partial charge in [0.1, 0.15) is 6.10 Å². The zero-order chi connectivity index (χ0) is 16.7. The van der Waals surface area contributed by atoms with Crippen LogP contribution in [-0.4, -0.2) is 30.2 Å². The van der Waals surface area contributed by atoms with Gasteiger partial charge in [-0.3, -0.25) is 9.59 Å². The second-order valence-electron chi connectivity index (χ2n) is 5.40. The molecule has 0 bridgehead atoms. The molecular weight excluding hydrogens is 318 g/mol. The van der Waals surface area contributed by atoms with E-state index in [1.54, 1.807) is 19.1 Å². The number of hydrogen-bond acceptors (Lipinski definition) is 4. The van der Waals surface area contributed by atoms with E-state index in [4.69, 9.17) is 16.3 Å². The molecule has 1 atom stereocenters. The van der Waals surface area contributed by atoms with Crippen LogP contribution in [0, 0.1) is 0 Å². The Kier molecular flexibility index (Phi) is 6.55. The molecule has 2 rings (SSSR count). The Morgan fingerprint density at radius 1 is 1.35 bits per heavy atom. The minimum Gasteiger partial charge on any atom is -0.368 e. The molecule has 0 spiro atoms. The summed E-state index contributed by atoms with van der Waals surface area (Å²) < 4.78 is 5.25. The Hall–Kier alpha value is -1.92. The predicted octanol–water partition coefficient (Wildman–Crippen LogP) is 2.02. The molecule has 2 N–H and O–H groups in total. The molecule has 7 heteroatoms. The summed E-state index contributed by atoms with van der Waals surface area (Å²) in [5, 5.41) is 7.38. The number of benzene rings is 1. The van der Waals surface area contributed by atoms with E-state index in [9.17, 15) is 9.59 Å². The Morgan fingerprint density at radius 3 is 2.74 bits per heavy atom. The molecule has 1 saturated heterocycles. The summed E-state index contributed by atoms with van der Waals surface area (Å²) >= 11 is 5.80. The summed E-state index contributed by atoms with van der Waals surface area (Å²) in [4.78, 5) is 23.6. The van der Waals surface area contributed by atoms with Crippen molar-refractivity contribution in [2.75, 3.05) is 6.61 Å². The van der Waals surface area contributed by atoms with Crippen molar-refractivity contribution in [2.24, 2.45) is 5.10 Å². The Bertz CT molecular complexity index is 581. The van der Waals surface area contributed by atoms with Crippen molar-refractivity contribution < 1.29 is 14.3 Å². The van der Waals surface area contributed by atoms with Crippen LogP contribution in [0.25, 0.3) is 0 Å². The topological polar surface area (TPSA) is 79.8 Å². The molecule has 1 unspecified atom stereocenters. The fourth-order valence-electron chi connectivity index (χ4n) is 2.14. The first kappa shape index (κ1) is 17.4. The van der Waals surface area contributed by atoms with E-state index < -0.39 is 6.10 Å². The maximum atomic E-state index is 11.8. The van der Waals surface area contributed by atoms with Crippen molar-refractivity contribution in [1.29, 1.82) is 0 Å². The van der Waals surface area contributed by atoms with Crippen molar-refractivity contribution in [3.63, 3.8) is 0 Å². The number of amides is 2. The average molecular weight is 338 g/mol. The van der Waals surface area contributed by atoms with Crippen LogP contribution >= 0.6 is 11.6 Å². The number of hydrogen-bond donors (Lipinski definition) is 2. The number of carbonyl (C=O) groups is 2. The van der Waals surface area contributed by atoms with Gasteiger partial charge in [-0.1, -0.05) is 23.7 Å². The summed E-state index contributed by atoms with van der Waals surface area (Å²) in [7, 11) is 0. The number of rotatable bonds is 6. The van der Waals surface area contributed by atoms with Gasteiger partial charge in [0.2, 0.25) is 5.91 Å². The van der Waals surface area contributed by atoms with E-state index in [1.165, 1.54) is 0 Å². The second-order valence-corrected chi connectivity index (χ2v) is 5.84. The first-order valence-corrected chi connectivity index (χ1v) is 7.88. The largest absolute Gasteiger partial charge is 0.368 e. The maximum absolute atomic E-state index is 11.8. The van der Waals surface area contributed by atoms with Crippen molar-refractivity contribution >= 4 is 29.1 Å². The van der Waals surface area contributed by atoms with Crippen LogP contribution in [0.2, 0.25) is 5.02 Å². The lowest BCUT2D eigenvalue weighted by atomic mass is 10.2. The van der Waals surface area contributed by atoms with Gasteiger partial charge in [0.25, 0.3) is 5.91 Å². The van der Waals surface area contributed by atoms with E-state index in [-0.39, 0.29) is 18.2 Å². The third-order valence-corrected chi connectivity index (χ3v) is 3.65. The maximum Gasteiger partial charge on any atom is 0.269 e. The number of hydrazone groups is 1. The molecule has 0 aliphatic carbocycles. The molecule has 23 heavy (non-hydrogen) atoms. The Labute approximate surface area is 140 Å². The zero-order valence-corrected chi connectivity index (χ0v) is 13.7. The fourth-order valence-corrected chi connectivity index (χ4v) is 2.27. The van der Waals surface area contributed by atoms with E-state index >= 15 is 0 Å². The van der Waals surface area contributed by atoms with Crippen LogP contribution in [0.1, 0.15) is 31.7 Å². The molecule has 0 saturated carbocycles. The van der Waals surface area contributed by atoms with Crippen LogP contribution in [0.4, 0.5) is 0 Å². The highest BCUT2D eigenvalue weighted by atomic mass is 35.5. The summed E-state index contributed by atoms with van der Waals surface area (Å²) in [6.45, 7) is 2.72. The number of nitrogens with one attached hydrogen (secondary N) is 2. The van der Waals surface area contributed by atoms with Gasteiger partial charge in [0.05, 0.1) is 6.42 Å². The highest BCUT2D eigenvalue weighted by molar-refractivity contribution is 6.30. The van der Waals surface area contributed by atoms with Gasteiger partial charge in [-0.25, -0.2) is 5.43 Å².